The average Bonchev–Trinajstić information content (AvgIpc) is 2.77. The molecule has 0 heterocycles. The van der Waals surface area contributed by atoms with E-state index in [1.807, 2.05) is 0 Å². The van der Waals surface area contributed by atoms with Crippen molar-refractivity contribution in [3.8, 4) is 0 Å². The molecule has 0 aromatic heterocycles. The van der Waals surface area contributed by atoms with Gasteiger partial charge in [-0.25, -0.2) is 9.59 Å². The fourth-order valence-electron chi connectivity index (χ4n) is 3.03. The van der Waals surface area contributed by atoms with Crippen molar-refractivity contribution in [2.45, 2.75) is 103 Å². The van der Waals surface area contributed by atoms with Gasteiger partial charge in [-0.3, -0.25) is 14.4 Å². The molecule has 0 fully saturated rings. The lowest BCUT2D eigenvalue weighted by atomic mass is 10.1. The molecule has 34 heavy (non-hydrogen) atoms. The minimum Gasteiger partial charge on any atom is -0.478 e. The fourth-order valence-corrected chi connectivity index (χ4v) is 3.03. The summed E-state index contributed by atoms with van der Waals surface area (Å²) in [5.41, 5.74) is 0. The highest BCUT2D eigenvalue weighted by molar-refractivity contribution is 5.88. The number of esters is 4. The molecule has 11 nitrogen and oxygen atoms in total. The van der Waals surface area contributed by atoms with Gasteiger partial charge in [-0.1, -0.05) is 58.3 Å². The second-order valence-electron chi connectivity index (χ2n) is 7.90. The van der Waals surface area contributed by atoms with E-state index in [0.717, 1.165) is 33.1 Å². The molecule has 0 aliphatic carbocycles. The van der Waals surface area contributed by atoms with Gasteiger partial charge in [0.1, 0.15) is 6.61 Å². The van der Waals surface area contributed by atoms with Crippen LogP contribution >= 0.6 is 0 Å². The SMILES string of the molecule is CCCCCCCCCCCC(=O)OCC(CO)OC(=O)C(OC(C)=O)C(OC(C)=O)C(=O)O. The highest BCUT2D eigenvalue weighted by Crippen LogP contribution is 2.12. The molecule has 0 saturated carbocycles. The number of unbranched alkanes of at least 4 members (excludes halogenated alkanes) is 8. The molecule has 0 spiro atoms. The number of hydrogen-bond donors (Lipinski definition) is 2. The summed E-state index contributed by atoms with van der Waals surface area (Å²) in [5, 5.41) is 18.6. The molecular formula is C23H38O11. The molecule has 3 atom stereocenters. The van der Waals surface area contributed by atoms with E-state index in [-0.39, 0.29) is 6.42 Å². The van der Waals surface area contributed by atoms with Crippen LogP contribution in [0.25, 0.3) is 0 Å². The van der Waals surface area contributed by atoms with Crippen LogP contribution in [0, 0.1) is 0 Å². The second kappa shape index (κ2) is 18.7. The Bertz CT molecular complexity index is 647. The normalized spacial score (nSPS) is 13.3. The highest BCUT2D eigenvalue weighted by atomic mass is 16.6. The Hall–Kier alpha value is -2.69. The highest BCUT2D eigenvalue weighted by Gasteiger charge is 2.41. The molecule has 0 amide bonds. The number of carboxylic acid groups (broad SMARTS) is 1. The van der Waals surface area contributed by atoms with Crippen LogP contribution in [0.4, 0.5) is 0 Å². The van der Waals surface area contributed by atoms with Gasteiger partial charge in [0, 0.05) is 20.3 Å². The van der Waals surface area contributed by atoms with Gasteiger partial charge in [0.15, 0.2) is 6.10 Å². The summed E-state index contributed by atoms with van der Waals surface area (Å²) in [6.07, 6.45) is 4.40. The fraction of sp³-hybridized carbons (Fsp3) is 0.783. The van der Waals surface area contributed by atoms with Gasteiger partial charge < -0.3 is 29.2 Å². The van der Waals surface area contributed by atoms with Gasteiger partial charge in [-0.2, -0.15) is 0 Å². The van der Waals surface area contributed by atoms with E-state index < -0.39 is 61.4 Å². The van der Waals surface area contributed by atoms with Gasteiger partial charge in [0.25, 0.3) is 0 Å². The Kier molecular flexibility index (Phi) is 17.2. The van der Waals surface area contributed by atoms with E-state index in [1.54, 1.807) is 0 Å². The number of hydrogen-bond acceptors (Lipinski definition) is 10. The Balaban J connectivity index is 4.52. The minimum absolute atomic E-state index is 0.172. The Labute approximate surface area is 200 Å². The molecule has 0 rings (SSSR count). The third-order valence-electron chi connectivity index (χ3n) is 4.74. The van der Waals surface area contributed by atoms with E-state index in [4.69, 9.17) is 9.47 Å². The number of aliphatic hydroxyl groups excluding tert-OH is 1. The maximum atomic E-state index is 12.4. The van der Waals surface area contributed by atoms with E-state index in [1.165, 1.54) is 32.1 Å². The van der Waals surface area contributed by atoms with Gasteiger partial charge in [0.2, 0.25) is 12.2 Å². The van der Waals surface area contributed by atoms with Crippen molar-refractivity contribution >= 4 is 29.8 Å². The second-order valence-corrected chi connectivity index (χ2v) is 7.90. The number of rotatable bonds is 19. The van der Waals surface area contributed by atoms with Gasteiger partial charge >= 0.3 is 29.8 Å². The third kappa shape index (κ3) is 15.2. The van der Waals surface area contributed by atoms with Crippen LogP contribution in [0.5, 0.6) is 0 Å². The van der Waals surface area contributed by atoms with Crippen molar-refractivity contribution < 1.29 is 53.1 Å². The molecule has 0 radical (unpaired) electrons. The first-order valence-electron chi connectivity index (χ1n) is 11.7. The van der Waals surface area contributed by atoms with Gasteiger partial charge in [0.05, 0.1) is 6.61 Å². The standard InChI is InChI=1S/C23H38O11/c1-4-5-6-7-8-9-10-11-12-13-19(27)31-15-18(14-24)34-23(30)21(33-17(3)26)20(22(28)29)32-16(2)25/h18,20-21,24H,4-15H2,1-3H3,(H,28,29). The van der Waals surface area contributed by atoms with Gasteiger partial charge in [-0.15, -0.1) is 0 Å². The van der Waals surface area contributed by atoms with E-state index >= 15 is 0 Å². The lowest BCUT2D eigenvalue weighted by molar-refractivity contribution is -0.193. The minimum atomic E-state index is -2.15. The van der Waals surface area contributed by atoms with Crippen LogP contribution in [-0.4, -0.2) is 71.6 Å². The maximum absolute atomic E-state index is 12.4. The molecule has 0 bridgehead atoms. The van der Waals surface area contributed by atoms with E-state index in [0.29, 0.717) is 6.42 Å². The topological polar surface area (TPSA) is 163 Å². The molecule has 11 heteroatoms. The summed E-state index contributed by atoms with van der Waals surface area (Å²) in [7, 11) is 0. The number of carbonyl (C=O) groups is 5. The van der Waals surface area contributed by atoms with Crippen molar-refractivity contribution in [1.82, 2.24) is 0 Å². The zero-order valence-electron chi connectivity index (χ0n) is 20.3. The summed E-state index contributed by atoms with van der Waals surface area (Å²) in [6.45, 7) is 2.79. The summed E-state index contributed by atoms with van der Waals surface area (Å²) >= 11 is 0. The largest absolute Gasteiger partial charge is 0.478 e. The zero-order chi connectivity index (χ0) is 25.9. The molecule has 0 aliphatic heterocycles. The zero-order valence-corrected chi connectivity index (χ0v) is 20.3. The molecule has 0 aromatic carbocycles. The van der Waals surface area contributed by atoms with E-state index in [2.05, 4.69) is 16.4 Å². The Morgan fingerprint density at radius 3 is 1.71 bits per heavy atom. The van der Waals surface area contributed by atoms with Crippen LogP contribution < -0.4 is 0 Å². The van der Waals surface area contributed by atoms with Crippen LogP contribution in [-0.2, 0) is 42.9 Å². The lowest BCUT2D eigenvalue weighted by Gasteiger charge is -2.24. The first kappa shape index (κ1) is 31.3. The van der Waals surface area contributed by atoms with Crippen molar-refractivity contribution in [3.63, 3.8) is 0 Å². The Morgan fingerprint density at radius 2 is 1.24 bits per heavy atom. The Morgan fingerprint density at radius 1 is 0.735 bits per heavy atom. The predicted octanol–water partition coefficient (Wildman–Crippen LogP) is 2.30. The first-order chi connectivity index (χ1) is 16.1. The average molecular weight is 491 g/mol. The summed E-state index contributed by atoms with van der Waals surface area (Å²) < 4.78 is 19.1. The summed E-state index contributed by atoms with van der Waals surface area (Å²) in [5.74, 6) is -5.70. The van der Waals surface area contributed by atoms with Crippen molar-refractivity contribution in [3.05, 3.63) is 0 Å². The number of carbonyl (C=O) groups excluding carboxylic acids is 4. The molecule has 0 aliphatic rings. The molecule has 0 aromatic rings. The number of aliphatic carboxylic acids is 1. The molecule has 0 saturated heterocycles. The summed E-state index contributed by atoms with van der Waals surface area (Å²) in [4.78, 5) is 58.1. The monoisotopic (exact) mass is 490 g/mol. The van der Waals surface area contributed by atoms with Crippen LogP contribution in [0.3, 0.4) is 0 Å². The van der Waals surface area contributed by atoms with Crippen molar-refractivity contribution in [1.29, 1.82) is 0 Å². The molecule has 196 valence electrons. The predicted molar refractivity (Wildman–Crippen MR) is 119 cm³/mol. The molecule has 2 N–H and O–H groups in total. The van der Waals surface area contributed by atoms with Crippen molar-refractivity contribution in [2.24, 2.45) is 0 Å². The maximum Gasteiger partial charge on any atom is 0.352 e. The summed E-state index contributed by atoms with van der Waals surface area (Å²) in [6, 6.07) is 0. The van der Waals surface area contributed by atoms with Crippen LogP contribution in [0.15, 0.2) is 0 Å². The number of aliphatic hydroxyl groups is 1. The molecule has 3 unspecified atom stereocenters. The third-order valence-corrected chi connectivity index (χ3v) is 4.74. The molecular weight excluding hydrogens is 452 g/mol. The number of ether oxygens (including phenoxy) is 4. The quantitative estimate of drug-likeness (QED) is 0.155. The van der Waals surface area contributed by atoms with Crippen LogP contribution in [0.1, 0.15) is 85.0 Å². The van der Waals surface area contributed by atoms with Crippen LogP contribution in [0.2, 0.25) is 0 Å². The van der Waals surface area contributed by atoms with Gasteiger partial charge in [-0.05, 0) is 6.42 Å². The number of carboxylic acids is 1. The smallest absolute Gasteiger partial charge is 0.352 e. The van der Waals surface area contributed by atoms with E-state index in [9.17, 15) is 34.2 Å². The van der Waals surface area contributed by atoms with Crippen molar-refractivity contribution in [2.75, 3.05) is 13.2 Å². The first-order valence-corrected chi connectivity index (χ1v) is 11.7. The lowest BCUT2D eigenvalue weighted by Crippen LogP contribution is -2.47.